The van der Waals surface area contributed by atoms with E-state index in [1.807, 2.05) is 0 Å². The average Bonchev–Trinajstić information content (AvgIpc) is 3.07. The second kappa shape index (κ2) is 7.38. The largest absolute Gasteiger partial charge is 0.433 e. The number of rotatable bonds is 5. The molecule has 0 bridgehead atoms. The molecule has 0 radical (unpaired) electrons. The molecule has 1 N–H and O–H groups in total. The minimum Gasteiger partial charge on any atom is -0.325 e. The Kier molecular flexibility index (Phi) is 5.19. The number of carbonyl (C=O) groups excluding carboxylic acids is 1. The van der Waals surface area contributed by atoms with Gasteiger partial charge in [0.1, 0.15) is 12.0 Å². The zero-order valence-corrected chi connectivity index (χ0v) is 14.0. The van der Waals surface area contributed by atoms with Crippen molar-refractivity contribution < 1.29 is 18.0 Å². The Morgan fingerprint density at radius 2 is 2.00 bits per heavy atom. The van der Waals surface area contributed by atoms with Crippen molar-refractivity contribution in [1.82, 2.24) is 25.2 Å². The molecule has 2 aromatic rings. The minimum absolute atomic E-state index is 0.247. The van der Waals surface area contributed by atoms with Gasteiger partial charge in [-0.2, -0.15) is 13.2 Å². The average molecular weight is 368 g/mol. The molecule has 2 aromatic heterocycles. The van der Waals surface area contributed by atoms with Crippen LogP contribution in [0.3, 0.4) is 0 Å². The van der Waals surface area contributed by atoms with Crippen LogP contribution in [0, 0.1) is 5.41 Å². The smallest absolute Gasteiger partial charge is 0.325 e. The number of carbonyl (C=O) groups is 1. The highest BCUT2D eigenvalue weighted by molar-refractivity contribution is 5.91. The second-order valence-corrected chi connectivity index (χ2v) is 6.72. The van der Waals surface area contributed by atoms with Gasteiger partial charge in [0.05, 0.1) is 18.4 Å². The summed E-state index contributed by atoms with van der Waals surface area (Å²) in [4.78, 5) is 15.8. The number of amides is 1. The van der Waals surface area contributed by atoms with Crippen molar-refractivity contribution in [3.63, 3.8) is 0 Å². The molecule has 1 amide bonds. The Labute approximate surface area is 148 Å². The van der Waals surface area contributed by atoms with Gasteiger partial charge in [-0.25, -0.2) is 9.67 Å². The van der Waals surface area contributed by atoms with Crippen LogP contribution in [0.1, 0.15) is 44.2 Å². The number of anilines is 1. The van der Waals surface area contributed by atoms with Crippen LogP contribution >= 0.6 is 0 Å². The molecule has 1 aliphatic rings. The first kappa shape index (κ1) is 18.3. The lowest BCUT2D eigenvalue weighted by Crippen LogP contribution is -2.34. The maximum absolute atomic E-state index is 12.6. The maximum atomic E-state index is 12.6. The van der Waals surface area contributed by atoms with Crippen molar-refractivity contribution >= 4 is 11.6 Å². The zero-order chi connectivity index (χ0) is 18.6. The lowest BCUT2D eigenvalue weighted by molar-refractivity contribution is -0.141. The number of alkyl halides is 3. The summed E-state index contributed by atoms with van der Waals surface area (Å²) in [7, 11) is 0. The van der Waals surface area contributed by atoms with Gasteiger partial charge >= 0.3 is 6.18 Å². The van der Waals surface area contributed by atoms with E-state index in [4.69, 9.17) is 0 Å². The van der Waals surface area contributed by atoms with Gasteiger partial charge in [0, 0.05) is 6.42 Å². The Morgan fingerprint density at radius 1 is 1.23 bits per heavy atom. The van der Waals surface area contributed by atoms with Crippen molar-refractivity contribution in [3.8, 4) is 0 Å². The van der Waals surface area contributed by atoms with E-state index in [2.05, 4.69) is 25.8 Å². The van der Waals surface area contributed by atoms with E-state index in [0.717, 1.165) is 44.4 Å². The van der Waals surface area contributed by atoms with Crippen LogP contribution in [0.5, 0.6) is 0 Å². The molecule has 7 nitrogen and oxygen atoms in total. The van der Waals surface area contributed by atoms with Crippen molar-refractivity contribution in [2.75, 3.05) is 5.32 Å². The third kappa shape index (κ3) is 4.55. The Hall–Kier alpha value is -2.52. The third-order valence-corrected chi connectivity index (χ3v) is 4.68. The van der Waals surface area contributed by atoms with Gasteiger partial charge in [0.2, 0.25) is 5.91 Å². The molecule has 0 aliphatic heterocycles. The van der Waals surface area contributed by atoms with Gasteiger partial charge in [0.15, 0.2) is 0 Å². The molecule has 26 heavy (non-hydrogen) atoms. The number of hydrogen-bond acceptors (Lipinski definition) is 5. The van der Waals surface area contributed by atoms with Crippen LogP contribution in [0.2, 0.25) is 0 Å². The van der Waals surface area contributed by atoms with Crippen LogP contribution in [-0.4, -0.2) is 31.1 Å². The van der Waals surface area contributed by atoms with Crippen LogP contribution < -0.4 is 5.32 Å². The summed E-state index contributed by atoms with van der Waals surface area (Å²) in [6.07, 6.45) is 3.24. The molecule has 140 valence electrons. The van der Waals surface area contributed by atoms with Gasteiger partial charge in [-0.15, -0.1) is 5.10 Å². The summed E-state index contributed by atoms with van der Waals surface area (Å²) in [5.74, 6) is -0.249. The highest BCUT2D eigenvalue weighted by Gasteiger charge is 2.35. The van der Waals surface area contributed by atoms with Gasteiger partial charge in [0.25, 0.3) is 0 Å². The summed E-state index contributed by atoms with van der Waals surface area (Å²) < 4.78 is 39.3. The van der Waals surface area contributed by atoms with Crippen LogP contribution in [-0.2, 0) is 17.5 Å². The summed E-state index contributed by atoms with van der Waals surface area (Å²) in [5.41, 5.74) is -0.994. The number of halogens is 3. The number of hydrogen-bond donors (Lipinski definition) is 1. The van der Waals surface area contributed by atoms with E-state index in [1.165, 1.54) is 12.4 Å². The number of tetrazole rings is 1. The number of pyridine rings is 1. The first-order valence-electron chi connectivity index (χ1n) is 8.40. The molecule has 3 rings (SSSR count). The van der Waals surface area contributed by atoms with E-state index in [-0.39, 0.29) is 23.4 Å². The summed E-state index contributed by atoms with van der Waals surface area (Å²) in [6.45, 7) is 0.540. The lowest BCUT2D eigenvalue weighted by atomic mass is 9.71. The normalized spacial score (nSPS) is 17.0. The third-order valence-electron chi connectivity index (χ3n) is 4.68. The van der Waals surface area contributed by atoms with Gasteiger partial charge in [-0.1, -0.05) is 19.3 Å². The maximum Gasteiger partial charge on any atom is 0.433 e. The molecule has 1 saturated carbocycles. The van der Waals surface area contributed by atoms with Crippen LogP contribution in [0.4, 0.5) is 18.9 Å². The number of nitrogens with one attached hydrogen (secondary N) is 1. The van der Waals surface area contributed by atoms with E-state index in [9.17, 15) is 18.0 Å². The van der Waals surface area contributed by atoms with Crippen LogP contribution in [0.15, 0.2) is 24.7 Å². The predicted octanol–water partition coefficient (Wildman–Crippen LogP) is 3.07. The molecule has 0 spiro atoms. The Balaban J connectivity index is 1.66. The second-order valence-electron chi connectivity index (χ2n) is 6.72. The quantitative estimate of drug-likeness (QED) is 0.877. The van der Waals surface area contributed by atoms with Crippen molar-refractivity contribution in [2.24, 2.45) is 5.41 Å². The Bertz CT molecular complexity index is 723. The van der Waals surface area contributed by atoms with E-state index in [1.54, 1.807) is 4.68 Å². The van der Waals surface area contributed by atoms with E-state index >= 15 is 0 Å². The predicted molar refractivity (Wildman–Crippen MR) is 85.8 cm³/mol. The van der Waals surface area contributed by atoms with Crippen molar-refractivity contribution in [2.45, 2.75) is 51.2 Å². The molecule has 2 heterocycles. The summed E-state index contributed by atoms with van der Waals surface area (Å²) in [5, 5.41) is 13.8. The fraction of sp³-hybridized carbons (Fsp3) is 0.562. The molecule has 1 fully saturated rings. The number of nitrogens with zero attached hydrogens (tertiary/aromatic N) is 5. The minimum atomic E-state index is -4.50. The van der Waals surface area contributed by atoms with Crippen LogP contribution in [0.25, 0.3) is 0 Å². The van der Waals surface area contributed by atoms with E-state index < -0.39 is 11.9 Å². The molecular formula is C16H19F3N6O. The van der Waals surface area contributed by atoms with Crippen molar-refractivity contribution in [1.29, 1.82) is 0 Å². The number of aromatic nitrogens is 5. The van der Waals surface area contributed by atoms with Crippen molar-refractivity contribution in [3.05, 3.63) is 30.4 Å². The van der Waals surface area contributed by atoms with Gasteiger partial charge < -0.3 is 5.32 Å². The fourth-order valence-electron chi connectivity index (χ4n) is 3.47. The lowest BCUT2D eigenvalue weighted by Gasteiger charge is -2.36. The fourth-order valence-corrected chi connectivity index (χ4v) is 3.47. The topological polar surface area (TPSA) is 85.6 Å². The molecule has 0 aromatic carbocycles. The first-order chi connectivity index (χ1) is 12.4. The SMILES string of the molecule is O=C(CC1(Cn2cnnn2)CCCCC1)Nc1ccc(C(F)(F)F)nc1. The molecule has 0 saturated heterocycles. The van der Waals surface area contributed by atoms with Gasteiger partial charge in [-0.05, 0) is 40.8 Å². The monoisotopic (exact) mass is 368 g/mol. The highest BCUT2D eigenvalue weighted by atomic mass is 19.4. The summed E-state index contributed by atoms with van der Waals surface area (Å²) >= 11 is 0. The molecule has 0 atom stereocenters. The molecule has 0 unspecified atom stereocenters. The molecule has 10 heteroatoms. The standard InChI is InChI=1S/C16H19F3N6O/c17-16(18,19)13-5-4-12(9-20-13)22-14(26)8-15(6-2-1-3-7-15)10-25-11-21-23-24-25/h4-5,9,11H,1-3,6-8,10H2,(H,22,26). The molecular weight excluding hydrogens is 349 g/mol. The zero-order valence-electron chi connectivity index (χ0n) is 14.0. The van der Waals surface area contributed by atoms with Gasteiger partial charge in [-0.3, -0.25) is 4.79 Å². The summed E-state index contributed by atoms with van der Waals surface area (Å²) in [6, 6.07) is 2.07. The van der Waals surface area contributed by atoms with E-state index in [0.29, 0.717) is 6.54 Å². The first-order valence-corrected chi connectivity index (χ1v) is 8.40. The molecule has 1 aliphatic carbocycles. The highest BCUT2D eigenvalue weighted by Crippen LogP contribution is 2.41. The Morgan fingerprint density at radius 3 is 2.58 bits per heavy atom.